The summed E-state index contributed by atoms with van der Waals surface area (Å²) < 4.78 is 13.7. The number of halogens is 2. The lowest BCUT2D eigenvalue weighted by atomic mass is 10.1. The van der Waals surface area contributed by atoms with E-state index in [4.69, 9.17) is 0 Å². The number of amides is 2. The van der Waals surface area contributed by atoms with E-state index >= 15 is 0 Å². The average Bonchev–Trinajstić information content (AvgIpc) is 2.75. The third-order valence-corrected chi connectivity index (χ3v) is 4.82. The number of nitro groups is 1. The van der Waals surface area contributed by atoms with Crippen molar-refractivity contribution in [2.24, 2.45) is 0 Å². The van der Waals surface area contributed by atoms with Crippen molar-refractivity contribution in [2.75, 3.05) is 5.32 Å². The van der Waals surface area contributed by atoms with Gasteiger partial charge in [0.05, 0.1) is 10.5 Å². The van der Waals surface area contributed by atoms with Gasteiger partial charge in [-0.15, -0.1) is 0 Å². The molecule has 0 bridgehead atoms. The molecule has 156 valence electrons. The topological polar surface area (TPSA) is 101 Å². The molecule has 3 aromatic carbocycles. The Hall–Kier alpha value is -3.85. The first kappa shape index (κ1) is 21.8. The molecule has 9 heteroatoms. The summed E-state index contributed by atoms with van der Waals surface area (Å²) in [6.45, 7) is 0. The molecular formula is C22H15BrFN3O4. The minimum atomic E-state index is -0.648. The van der Waals surface area contributed by atoms with E-state index in [9.17, 15) is 24.1 Å². The molecule has 0 atom stereocenters. The second kappa shape index (κ2) is 9.77. The Bertz CT molecular complexity index is 1160. The summed E-state index contributed by atoms with van der Waals surface area (Å²) in [5.74, 6) is -1.64. The maximum atomic E-state index is 13.1. The average molecular weight is 484 g/mol. The Morgan fingerprint density at radius 2 is 1.61 bits per heavy atom. The molecule has 0 saturated carbocycles. The smallest absolute Gasteiger partial charge is 0.272 e. The van der Waals surface area contributed by atoms with Gasteiger partial charge in [0.25, 0.3) is 17.5 Å². The molecule has 31 heavy (non-hydrogen) atoms. The van der Waals surface area contributed by atoms with Crippen molar-refractivity contribution in [2.45, 2.75) is 0 Å². The molecular weight excluding hydrogens is 469 g/mol. The first-order valence-electron chi connectivity index (χ1n) is 8.92. The van der Waals surface area contributed by atoms with Crippen LogP contribution in [0.5, 0.6) is 0 Å². The zero-order chi connectivity index (χ0) is 22.4. The predicted octanol–water partition coefficient (Wildman–Crippen LogP) is 4.91. The highest BCUT2D eigenvalue weighted by Crippen LogP contribution is 2.18. The number of nitrogens with zero attached hydrogens (tertiary/aromatic N) is 1. The maximum absolute atomic E-state index is 13.1. The first-order valence-corrected chi connectivity index (χ1v) is 9.72. The van der Waals surface area contributed by atoms with Crippen LogP contribution in [0.4, 0.5) is 15.8 Å². The number of benzene rings is 3. The van der Waals surface area contributed by atoms with Crippen LogP contribution in [0.1, 0.15) is 15.9 Å². The van der Waals surface area contributed by atoms with E-state index in [2.05, 4.69) is 26.6 Å². The summed E-state index contributed by atoms with van der Waals surface area (Å²) >= 11 is 3.29. The molecule has 0 saturated heterocycles. The molecule has 0 aliphatic heterocycles. The number of carbonyl (C=O) groups excluding carboxylic acids is 2. The van der Waals surface area contributed by atoms with Crippen molar-refractivity contribution in [3.63, 3.8) is 0 Å². The molecule has 7 nitrogen and oxygen atoms in total. The van der Waals surface area contributed by atoms with Crippen LogP contribution < -0.4 is 10.6 Å². The monoisotopic (exact) mass is 483 g/mol. The summed E-state index contributed by atoms with van der Waals surface area (Å²) in [6.07, 6.45) is 1.39. The minimum Gasteiger partial charge on any atom is -0.321 e. The van der Waals surface area contributed by atoms with E-state index in [0.717, 1.165) is 0 Å². The highest BCUT2D eigenvalue weighted by Gasteiger charge is 2.17. The SMILES string of the molecule is O=C(Nc1ccc(F)cc1)C(=Cc1ccc([N+](=O)[O-])cc1)NC(=O)c1ccccc1Br. The minimum absolute atomic E-state index is 0.0982. The molecule has 0 spiro atoms. The van der Waals surface area contributed by atoms with Crippen LogP contribution in [-0.2, 0) is 4.79 Å². The highest BCUT2D eigenvalue weighted by molar-refractivity contribution is 9.10. The van der Waals surface area contributed by atoms with E-state index in [0.29, 0.717) is 21.3 Å². The van der Waals surface area contributed by atoms with Gasteiger partial charge in [-0.3, -0.25) is 19.7 Å². The van der Waals surface area contributed by atoms with E-state index < -0.39 is 22.6 Å². The van der Waals surface area contributed by atoms with Crippen molar-refractivity contribution in [3.8, 4) is 0 Å². The van der Waals surface area contributed by atoms with Gasteiger partial charge >= 0.3 is 0 Å². The van der Waals surface area contributed by atoms with Gasteiger partial charge in [0.1, 0.15) is 11.5 Å². The molecule has 0 aromatic heterocycles. The Morgan fingerprint density at radius 3 is 2.23 bits per heavy atom. The zero-order valence-corrected chi connectivity index (χ0v) is 17.4. The molecule has 0 heterocycles. The van der Waals surface area contributed by atoms with Gasteiger partial charge in [-0.2, -0.15) is 0 Å². The summed E-state index contributed by atoms with van der Waals surface area (Å²) in [5, 5.41) is 16.0. The Balaban J connectivity index is 1.91. The first-order chi connectivity index (χ1) is 14.8. The lowest BCUT2D eigenvalue weighted by molar-refractivity contribution is -0.384. The third kappa shape index (κ3) is 5.83. The molecule has 0 fully saturated rings. The highest BCUT2D eigenvalue weighted by atomic mass is 79.9. The second-order valence-electron chi connectivity index (χ2n) is 6.30. The largest absolute Gasteiger partial charge is 0.321 e. The fourth-order valence-electron chi connectivity index (χ4n) is 2.58. The Labute approximate surface area is 184 Å². The van der Waals surface area contributed by atoms with Crippen LogP contribution >= 0.6 is 15.9 Å². The van der Waals surface area contributed by atoms with Gasteiger partial charge in [-0.05, 0) is 76.1 Å². The summed E-state index contributed by atoms with van der Waals surface area (Å²) in [5.41, 5.74) is 0.899. The Kier molecular flexibility index (Phi) is 6.88. The number of carbonyl (C=O) groups is 2. The number of hydrogen-bond acceptors (Lipinski definition) is 4. The molecule has 3 rings (SSSR count). The molecule has 3 aromatic rings. The van der Waals surface area contributed by atoms with Crippen molar-refractivity contribution >= 4 is 45.2 Å². The summed E-state index contributed by atoms with van der Waals surface area (Å²) in [4.78, 5) is 35.8. The number of nitrogens with one attached hydrogen (secondary N) is 2. The molecule has 0 aliphatic rings. The molecule has 0 aliphatic carbocycles. The van der Waals surface area contributed by atoms with Crippen molar-refractivity contribution in [3.05, 3.63) is 110 Å². The van der Waals surface area contributed by atoms with Gasteiger partial charge in [0, 0.05) is 22.3 Å². The number of hydrogen-bond donors (Lipinski definition) is 2. The quantitative estimate of drug-likeness (QED) is 0.295. The molecule has 0 radical (unpaired) electrons. The van der Waals surface area contributed by atoms with Crippen LogP contribution in [-0.4, -0.2) is 16.7 Å². The van der Waals surface area contributed by atoms with E-state index in [1.54, 1.807) is 24.3 Å². The normalized spacial score (nSPS) is 11.0. The van der Waals surface area contributed by atoms with Gasteiger partial charge in [-0.1, -0.05) is 12.1 Å². The summed E-state index contributed by atoms with van der Waals surface area (Å²) in [6, 6.07) is 17.3. The van der Waals surface area contributed by atoms with Gasteiger partial charge in [0.15, 0.2) is 0 Å². The van der Waals surface area contributed by atoms with Crippen LogP contribution in [0.3, 0.4) is 0 Å². The maximum Gasteiger partial charge on any atom is 0.272 e. The predicted molar refractivity (Wildman–Crippen MR) is 118 cm³/mol. The molecule has 2 N–H and O–H groups in total. The van der Waals surface area contributed by atoms with Crippen molar-refractivity contribution < 1.29 is 18.9 Å². The number of rotatable bonds is 6. The van der Waals surface area contributed by atoms with Gasteiger partial charge < -0.3 is 10.6 Å². The van der Waals surface area contributed by atoms with E-state index in [1.807, 2.05) is 0 Å². The van der Waals surface area contributed by atoms with Crippen LogP contribution in [0.25, 0.3) is 6.08 Å². The van der Waals surface area contributed by atoms with Gasteiger partial charge in [-0.25, -0.2) is 4.39 Å². The number of anilines is 1. The number of nitro benzene ring substituents is 1. The molecule has 0 unspecified atom stereocenters. The van der Waals surface area contributed by atoms with Gasteiger partial charge in [0.2, 0.25) is 0 Å². The number of non-ortho nitro benzene ring substituents is 1. The third-order valence-electron chi connectivity index (χ3n) is 4.13. The van der Waals surface area contributed by atoms with Crippen LogP contribution in [0.2, 0.25) is 0 Å². The second-order valence-corrected chi connectivity index (χ2v) is 7.16. The molecule has 2 amide bonds. The Morgan fingerprint density at radius 1 is 0.968 bits per heavy atom. The fourth-order valence-corrected chi connectivity index (χ4v) is 3.05. The van der Waals surface area contributed by atoms with Crippen LogP contribution in [0, 0.1) is 15.9 Å². The zero-order valence-electron chi connectivity index (χ0n) is 15.8. The lowest BCUT2D eigenvalue weighted by Gasteiger charge is -2.12. The van der Waals surface area contributed by atoms with Crippen LogP contribution in [0.15, 0.2) is 83.0 Å². The van der Waals surface area contributed by atoms with Crippen molar-refractivity contribution in [1.82, 2.24) is 5.32 Å². The van der Waals surface area contributed by atoms with Crippen molar-refractivity contribution in [1.29, 1.82) is 0 Å². The van der Waals surface area contributed by atoms with E-state index in [1.165, 1.54) is 54.6 Å². The van der Waals surface area contributed by atoms with E-state index in [-0.39, 0.29) is 11.4 Å². The summed E-state index contributed by atoms with van der Waals surface area (Å²) in [7, 11) is 0. The standard InChI is InChI=1S/C22H15BrFN3O4/c23-19-4-2-1-3-18(19)21(28)26-20(13-14-5-11-17(12-6-14)27(30)31)22(29)25-16-9-7-15(24)8-10-16/h1-13H,(H,25,29)(H,26,28). The fraction of sp³-hybridized carbons (Fsp3) is 0. The lowest BCUT2D eigenvalue weighted by Crippen LogP contribution is -2.31.